The highest BCUT2D eigenvalue weighted by atomic mass is 32.1. The fourth-order valence-corrected chi connectivity index (χ4v) is 2.60. The summed E-state index contributed by atoms with van der Waals surface area (Å²) in [5.74, 6) is 0. The van der Waals surface area contributed by atoms with E-state index < -0.39 is 0 Å². The summed E-state index contributed by atoms with van der Waals surface area (Å²) in [5.41, 5.74) is 12.0. The molecule has 2 aromatic carbocycles. The predicted molar refractivity (Wildman–Crippen MR) is 66.3 cm³/mol. The monoisotopic (exact) mass is 213 g/mol. The van der Waals surface area contributed by atoms with E-state index >= 15 is 0 Å². The number of rotatable bonds is 0. The van der Waals surface area contributed by atoms with Crippen LogP contribution in [0.25, 0.3) is 11.1 Å². The van der Waals surface area contributed by atoms with E-state index in [4.69, 9.17) is 5.73 Å². The largest absolute Gasteiger partial charge is 0.398 e. The Kier molecular flexibility index (Phi) is 1.80. The predicted octanol–water partition coefficient (Wildman–Crippen LogP) is 3.13. The number of anilines is 1. The molecule has 1 aliphatic carbocycles. The third-order valence-electron chi connectivity index (χ3n) is 2.90. The Morgan fingerprint density at radius 1 is 1.07 bits per heavy atom. The Bertz CT molecular complexity index is 546. The lowest BCUT2D eigenvalue weighted by Gasteiger charge is -2.06. The molecule has 0 amide bonds. The van der Waals surface area contributed by atoms with Crippen molar-refractivity contribution in [2.45, 2.75) is 11.3 Å². The minimum atomic E-state index is 0.836. The summed E-state index contributed by atoms with van der Waals surface area (Å²) in [6.45, 7) is 0. The van der Waals surface area contributed by atoms with Gasteiger partial charge in [-0.3, -0.25) is 0 Å². The molecule has 0 saturated carbocycles. The van der Waals surface area contributed by atoms with Crippen LogP contribution < -0.4 is 5.73 Å². The van der Waals surface area contributed by atoms with Crippen molar-refractivity contribution in [1.29, 1.82) is 0 Å². The summed E-state index contributed by atoms with van der Waals surface area (Å²) in [6, 6.07) is 12.5. The van der Waals surface area contributed by atoms with E-state index in [9.17, 15) is 0 Å². The van der Waals surface area contributed by atoms with Crippen molar-refractivity contribution in [3.8, 4) is 11.1 Å². The minimum Gasteiger partial charge on any atom is -0.398 e. The summed E-state index contributed by atoms with van der Waals surface area (Å²) in [4.78, 5) is 0.944. The zero-order valence-electron chi connectivity index (χ0n) is 8.20. The van der Waals surface area contributed by atoms with E-state index in [1.165, 1.54) is 22.3 Å². The average molecular weight is 213 g/mol. The maximum absolute atomic E-state index is 6.04. The number of benzene rings is 2. The minimum absolute atomic E-state index is 0.836. The third kappa shape index (κ3) is 1.25. The molecule has 0 atom stereocenters. The molecule has 0 fully saturated rings. The molecule has 2 N–H and O–H groups in total. The fraction of sp³-hybridized carbons (Fsp3) is 0.0769. The van der Waals surface area contributed by atoms with Crippen molar-refractivity contribution in [3.63, 3.8) is 0 Å². The van der Waals surface area contributed by atoms with Gasteiger partial charge in [0.25, 0.3) is 0 Å². The molecule has 0 aliphatic heterocycles. The van der Waals surface area contributed by atoms with Crippen LogP contribution in [0.5, 0.6) is 0 Å². The normalized spacial score (nSPS) is 12.3. The van der Waals surface area contributed by atoms with Crippen molar-refractivity contribution >= 4 is 18.3 Å². The van der Waals surface area contributed by atoms with Crippen LogP contribution in [0.2, 0.25) is 0 Å². The number of hydrogen-bond donors (Lipinski definition) is 2. The van der Waals surface area contributed by atoms with Gasteiger partial charge < -0.3 is 5.73 Å². The molecule has 2 heteroatoms. The fourth-order valence-electron chi connectivity index (χ4n) is 2.30. The summed E-state index contributed by atoms with van der Waals surface area (Å²) >= 11 is 4.35. The molecule has 0 heterocycles. The number of hydrogen-bond acceptors (Lipinski definition) is 2. The lowest BCUT2D eigenvalue weighted by molar-refractivity contribution is 1.24. The van der Waals surface area contributed by atoms with Gasteiger partial charge in [-0.1, -0.05) is 24.3 Å². The Morgan fingerprint density at radius 2 is 1.87 bits per heavy atom. The van der Waals surface area contributed by atoms with E-state index in [-0.39, 0.29) is 0 Å². The van der Waals surface area contributed by atoms with Crippen LogP contribution in [0.3, 0.4) is 0 Å². The van der Waals surface area contributed by atoms with Gasteiger partial charge in [0.05, 0.1) is 0 Å². The first-order valence-corrected chi connectivity index (χ1v) is 5.40. The standard InChI is InChI=1S/C13H11NS/c14-12-7-10(15)6-9-5-8-3-1-2-4-11(8)13(9)12/h1-4,6-7,15H,5,14H2. The molecule has 0 bridgehead atoms. The van der Waals surface area contributed by atoms with Crippen LogP contribution in [-0.4, -0.2) is 0 Å². The summed E-state index contributed by atoms with van der Waals surface area (Å²) in [5, 5.41) is 0. The van der Waals surface area contributed by atoms with Crippen LogP contribution in [0.1, 0.15) is 11.1 Å². The van der Waals surface area contributed by atoms with E-state index in [0.717, 1.165) is 17.0 Å². The van der Waals surface area contributed by atoms with Gasteiger partial charge in [-0.25, -0.2) is 0 Å². The number of nitrogen functional groups attached to an aromatic ring is 1. The smallest absolute Gasteiger partial charge is 0.0407 e. The molecule has 1 nitrogen and oxygen atoms in total. The number of nitrogens with two attached hydrogens (primary N) is 1. The van der Waals surface area contributed by atoms with Gasteiger partial charge in [0, 0.05) is 16.1 Å². The summed E-state index contributed by atoms with van der Waals surface area (Å²) < 4.78 is 0. The molecule has 0 saturated heterocycles. The number of thiol groups is 1. The average Bonchev–Trinajstić information content (AvgIpc) is 2.54. The highest BCUT2D eigenvalue weighted by Gasteiger charge is 2.20. The van der Waals surface area contributed by atoms with Crippen molar-refractivity contribution in [2.24, 2.45) is 0 Å². The lowest BCUT2D eigenvalue weighted by Crippen LogP contribution is -1.90. The van der Waals surface area contributed by atoms with Crippen LogP contribution >= 0.6 is 12.6 Å². The molecule has 3 rings (SSSR count). The van der Waals surface area contributed by atoms with E-state index in [0.29, 0.717) is 0 Å². The van der Waals surface area contributed by atoms with Gasteiger partial charge in [0.1, 0.15) is 0 Å². The van der Waals surface area contributed by atoms with Crippen molar-refractivity contribution in [1.82, 2.24) is 0 Å². The first-order valence-electron chi connectivity index (χ1n) is 4.95. The van der Waals surface area contributed by atoms with E-state index in [1.54, 1.807) is 0 Å². The van der Waals surface area contributed by atoms with Crippen molar-refractivity contribution < 1.29 is 0 Å². The lowest BCUT2D eigenvalue weighted by atomic mass is 10.0. The van der Waals surface area contributed by atoms with Crippen LogP contribution in [0.15, 0.2) is 41.3 Å². The van der Waals surface area contributed by atoms with Crippen LogP contribution in [0.4, 0.5) is 5.69 Å². The zero-order valence-corrected chi connectivity index (χ0v) is 9.09. The Morgan fingerprint density at radius 3 is 2.73 bits per heavy atom. The zero-order chi connectivity index (χ0) is 10.4. The Labute approximate surface area is 94.3 Å². The van der Waals surface area contributed by atoms with E-state index in [2.05, 4.69) is 43.0 Å². The van der Waals surface area contributed by atoms with E-state index in [1.807, 2.05) is 6.07 Å². The summed E-state index contributed by atoms with van der Waals surface area (Å²) in [7, 11) is 0. The Hall–Kier alpha value is -1.41. The second-order valence-corrected chi connectivity index (χ2v) is 4.42. The highest BCUT2D eigenvalue weighted by Crippen LogP contribution is 2.41. The summed E-state index contributed by atoms with van der Waals surface area (Å²) in [6.07, 6.45) is 0.976. The van der Waals surface area contributed by atoms with Gasteiger partial charge in [0.15, 0.2) is 0 Å². The highest BCUT2D eigenvalue weighted by molar-refractivity contribution is 7.80. The SMILES string of the molecule is Nc1cc(S)cc2c1-c1ccccc1C2. The maximum atomic E-state index is 6.04. The molecule has 74 valence electrons. The topological polar surface area (TPSA) is 26.0 Å². The quantitative estimate of drug-likeness (QED) is 0.435. The molecule has 0 spiro atoms. The third-order valence-corrected chi connectivity index (χ3v) is 3.16. The van der Waals surface area contributed by atoms with Crippen molar-refractivity contribution in [2.75, 3.05) is 5.73 Å². The second kappa shape index (κ2) is 3.04. The Balaban J connectivity index is 2.33. The van der Waals surface area contributed by atoms with Gasteiger partial charge in [0.2, 0.25) is 0 Å². The molecule has 2 aromatic rings. The first kappa shape index (κ1) is 8.86. The maximum Gasteiger partial charge on any atom is 0.0407 e. The van der Waals surface area contributed by atoms with Crippen LogP contribution in [-0.2, 0) is 6.42 Å². The van der Waals surface area contributed by atoms with Gasteiger partial charge in [-0.15, -0.1) is 12.6 Å². The molecule has 1 aliphatic rings. The second-order valence-electron chi connectivity index (χ2n) is 3.90. The van der Waals surface area contributed by atoms with Crippen molar-refractivity contribution in [3.05, 3.63) is 47.5 Å². The molecule has 0 unspecified atom stereocenters. The van der Waals surface area contributed by atoms with Gasteiger partial charge in [-0.05, 0) is 35.2 Å². The molecule has 0 radical (unpaired) electrons. The molecule has 15 heavy (non-hydrogen) atoms. The van der Waals surface area contributed by atoms with Crippen LogP contribution in [0, 0.1) is 0 Å². The first-order chi connectivity index (χ1) is 7.25. The molecular formula is C13H11NS. The molecular weight excluding hydrogens is 202 g/mol. The number of fused-ring (bicyclic) bond motifs is 3. The van der Waals surface area contributed by atoms with Gasteiger partial charge >= 0.3 is 0 Å². The molecule has 0 aromatic heterocycles. The van der Waals surface area contributed by atoms with Gasteiger partial charge in [-0.2, -0.15) is 0 Å².